The first-order valence-electron chi connectivity index (χ1n) is 6.73. The first-order valence-corrected chi connectivity index (χ1v) is 7.95. The smallest absolute Gasteiger partial charge is 0.269 e. The monoisotopic (exact) mass is 289 g/mol. The third-order valence-corrected chi connectivity index (χ3v) is 3.63. The molecule has 2 rings (SSSR count). The molecule has 1 heterocycles. The molecule has 0 bridgehead atoms. The molecule has 0 saturated carbocycles. The van der Waals surface area contributed by atoms with Crippen molar-refractivity contribution in [3.05, 3.63) is 42.2 Å². The van der Waals surface area contributed by atoms with Crippen molar-refractivity contribution in [3.63, 3.8) is 0 Å². The molecule has 4 nitrogen and oxygen atoms in total. The number of hydrogen-bond acceptors (Lipinski definition) is 3. The Morgan fingerprint density at radius 1 is 1.35 bits per heavy atom. The maximum atomic E-state index is 12.3. The average molecular weight is 289 g/mol. The van der Waals surface area contributed by atoms with E-state index in [9.17, 15) is 4.79 Å². The Morgan fingerprint density at radius 3 is 2.75 bits per heavy atom. The second kappa shape index (κ2) is 7.14. The molecule has 0 saturated heterocycles. The van der Waals surface area contributed by atoms with Crippen LogP contribution in [0.2, 0.25) is 0 Å². The van der Waals surface area contributed by atoms with Crippen LogP contribution in [-0.2, 0) is 0 Å². The van der Waals surface area contributed by atoms with Gasteiger partial charge in [-0.15, -0.1) is 0 Å². The number of thioether (sulfide) groups is 1. The number of amides is 1. The van der Waals surface area contributed by atoms with E-state index in [0.717, 1.165) is 23.7 Å². The molecule has 0 aliphatic carbocycles. The highest BCUT2D eigenvalue weighted by atomic mass is 32.2. The first kappa shape index (κ1) is 14.7. The van der Waals surface area contributed by atoms with Crippen LogP contribution in [-0.4, -0.2) is 28.3 Å². The number of para-hydroxylation sites is 1. The van der Waals surface area contributed by atoms with E-state index < -0.39 is 0 Å². The molecule has 1 aromatic carbocycles. The zero-order chi connectivity index (χ0) is 14.4. The van der Waals surface area contributed by atoms with Crippen molar-refractivity contribution in [2.45, 2.75) is 24.9 Å². The Balaban J connectivity index is 2.30. The highest BCUT2D eigenvalue weighted by molar-refractivity contribution is 7.98. The van der Waals surface area contributed by atoms with E-state index in [4.69, 9.17) is 0 Å². The predicted molar refractivity (Wildman–Crippen MR) is 82.6 cm³/mol. The molecule has 5 heteroatoms. The van der Waals surface area contributed by atoms with Gasteiger partial charge in [0.1, 0.15) is 5.69 Å². The van der Waals surface area contributed by atoms with E-state index in [1.807, 2.05) is 41.2 Å². The topological polar surface area (TPSA) is 46.9 Å². The number of unbranched alkanes of at least 4 members (excludes halogenated alkanes) is 1. The molecule has 0 spiro atoms. The largest absolute Gasteiger partial charge is 0.351 e. The molecule has 1 aromatic heterocycles. The molecule has 1 N–H and O–H groups in total. The van der Waals surface area contributed by atoms with Gasteiger partial charge in [-0.2, -0.15) is 0 Å². The van der Waals surface area contributed by atoms with Gasteiger partial charge in [0.2, 0.25) is 0 Å². The third kappa shape index (κ3) is 3.22. The van der Waals surface area contributed by atoms with Gasteiger partial charge in [-0.3, -0.25) is 9.36 Å². The lowest BCUT2D eigenvalue weighted by Gasteiger charge is -2.11. The molecule has 0 aliphatic rings. The minimum absolute atomic E-state index is 0.0740. The predicted octanol–water partition coefficient (Wildman–Crippen LogP) is 3.12. The zero-order valence-electron chi connectivity index (χ0n) is 11.8. The van der Waals surface area contributed by atoms with Gasteiger partial charge < -0.3 is 5.32 Å². The number of imidazole rings is 1. The van der Waals surface area contributed by atoms with Crippen molar-refractivity contribution in [1.29, 1.82) is 0 Å². The fraction of sp³-hybridized carbons (Fsp3) is 0.333. The fourth-order valence-electron chi connectivity index (χ4n) is 1.93. The summed E-state index contributed by atoms with van der Waals surface area (Å²) in [4.78, 5) is 16.6. The minimum atomic E-state index is -0.0740. The Bertz CT molecular complexity index is 566. The molecular formula is C15H19N3OS. The maximum Gasteiger partial charge on any atom is 0.269 e. The van der Waals surface area contributed by atoms with Crippen LogP contribution >= 0.6 is 11.8 Å². The van der Waals surface area contributed by atoms with Crippen molar-refractivity contribution >= 4 is 17.7 Å². The summed E-state index contributed by atoms with van der Waals surface area (Å²) in [6, 6.07) is 9.82. The highest BCUT2D eigenvalue weighted by Crippen LogP contribution is 2.21. The van der Waals surface area contributed by atoms with Gasteiger partial charge in [-0.1, -0.05) is 43.3 Å². The van der Waals surface area contributed by atoms with Gasteiger partial charge in [-0.25, -0.2) is 4.98 Å². The lowest BCUT2D eigenvalue weighted by atomic mass is 10.3. The van der Waals surface area contributed by atoms with Gasteiger partial charge in [0.05, 0.1) is 6.20 Å². The number of rotatable bonds is 6. The van der Waals surface area contributed by atoms with Crippen LogP contribution in [0.3, 0.4) is 0 Å². The zero-order valence-corrected chi connectivity index (χ0v) is 12.6. The van der Waals surface area contributed by atoms with E-state index in [1.165, 1.54) is 11.8 Å². The van der Waals surface area contributed by atoms with Gasteiger partial charge in [-0.05, 0) is 24.8 Å². The van der Waals surface area contributed by atoms with Crippen LogP contribution in [0.1, 0.15) is 30.3 Å². The summed E-state index contributed by atoms with van der Waals surface area (Å²) < 4.78 is 1.89. The molecule has 20 heavy (non-hydrogen) atoms. The third-order valence-electron chi connectivity index (χ3n) is 2.97. The van der Waals surface area contributed by atoms with Crippen molar-refractivity contribution in [3.8, 4) is 5.69 Å². The lowest BCUT2D eigenvalue weighted by Crippen LogP contribution is -2.26. The van der Waals surface area contributed by atoms with Crippen LogP contribution < -0.4 is 5.32 Å². The molecule has 0 fully saturated rings. The van der Waals surface area contributed by atoms with E-state index in [2.05, 4.69) is 17.2 Å². The summed E-state index contributed by atoms with van der Waals surface area (Å²) in [5.74, 6) is -0.0740. The second-order valence-corrected chi connectivity index (χ2v) is 5.18. The lowest BCUT2D eigenvalue weighted by molar-refractivity contribution is 0.0946. The van der Waals surface area contributed by atoms with E-state index in [0.29, 0.717) is 12.2 Å². The molecule has 1 amide bonds. The first-order chi connectivity index (χ1) is 9.77. The molecule has 2 aromatic rings. The van der Waals surface area contributed by atoms with Crippen molar-refractivity contribution in [2.75, 3.05) is 12.8 Å². The summed E-state index contributed by atoms with van der Waals surface area (Å²) in [5, 5.41) is 3.75. The van der Waals surface area contributed by atoms with Crippen molar-refractivity contribution < 1.29 is 4.79 Å². The van der Waals surface area contributed by atoms with Gasteiger partial charge >= 0.3 is 0 Å². The Hall–Kier alpha value is -1.75. The van der Waals surface area contributed by atoms with Crippen LogP contribution in [0.4, 0.5) is 0 Å². The summed E-state index contributed by atoms with van der Waals surface area (Å²) in [6.45, 7) is 2.80. The second-order valence-electron chi connectivity index (χ2n) is 4.41. The van der Waals surface area contributed by atoms with E-state index >= 15 is 0 Å². The highest BCUT2D eigenvalue weighted by Gasteiger charge is 2.16. The maximum absolute atomic E-state index is 12.3. The average Bonchev–Trinajstić information content (AvgIpc) is 2.92. The van der Waals surface area contributed by atoms with Crippen LogP contribution in [0.15, 0.2) is 41.7 Å². The quantitative estimate of drug-likeness (QED) is 0.656. The molecule has 0 aliphatic heterocycles. The van der Waals surface area contributed by atoms with Gasteiger partial charge in [0.15, 0.2) is 5.16 Å². The fourth-order valence-corrected chi connectivity index (χ4v) is 2.48. The SMILES string of the molecule is CCCCNC(=O)c1cnc(SC)n1-c1ccccc1. The molecule has 0 unspecified atom stereocenters. The number of carbonyl (C=O) groups excluding carboxylic acids is 1. The number of nitrogens with zero attached hydrogens (tertiary/aromatic N) is 2. The Labute approximate surface area is 123 Å². The van der Waals surface area contributed by atoms with E-state index in [1.54, 1.807) is 6.20 Å². The molecular weight excluding hydrogens is 270 g/mol. The van der Waals surface area contributed by atoms with Crippen LogP contribution in [0.5, 0.6) is 0 Å². The van der Waals surface area contributed by atoms with Crippen LogP contribution in [0, 0.1) is 0 Å². The summed E-state index contributed by atoms with van der Waals surface area (Å²) in [5.41, 5.74) is 1.53. The molecule has 0 atom stereocenters. The minimum Gasteiger partial charge on any atom is -0.351 e. The summed E-state index contributed by atoms with van der Waals surface area (Å²) >= 11 is 1.53. The normalized spacial score (nSPS) is 10.5. The van der Waals surface area contributed by atoms with Crippen LogP contribution in [0.25, 0.3) is 5.69 Å². The summed E-state index contributed by atoms with van der Waals surface area (Å²) in [6.07, 6.45) is 5.65. The van der Waals surface area contributed by atoms with E-state index in [-0.39, 0.29) is 5.91 Å². The number of nitrogens with one attached hydrogen (secondary N) is 1. The number of benzene rings is 1. The summed E-state index contributed by atoms with van der Waals surface area (Å²) in [7, 11) is 0. The number of aromatic nitrogens is 2. The molecule has 106 valence electrons. The number of hydrogen-bond donors (Lipinski definition) is 1. The van der Waals surface area contributed by atoms with Gasteiger partial charge in [0.25, 0.3) is 5.91 Å². The van der Waals surface area contributed by atoms with Crippen molar-refractivity contribution in [1.82, 2.24) is 14.9 Å². The molecule has 0 radical (unpaired) electrons. The van der Waals surface area contributed by atoms with Crippen molar-refractivity contribution in [2.24, 2.45) is 0 Å². The Kier molecular flexibility index (Phi) is 5.24. The standard InChI is InChI=1S/C15H19N3OS/c1-3-4-10-16-14(19)13-11-17-15(20-2)18(13)12-8-6-5-7-9-12/h5-9,11H,3-4,10H2,1-2H3,(H,16,19). The number of carbonyl (C=O) groups is 1. The van der Waals surface area contributed by atoms with Gasteiger partial charge in [0, 0.05) is 12.2 Å². The Morgan fingerprint density at radius 2 is 2.10 bits per heavy atom.